The van der Waals surface area contributed by atoms with Crippen molar-refractivity contribution < 1.29 is 9.53 Å². The molecule has 162 valence electrons. The van der Waals surface area contributed by atoms with E-state index in [2.05, 4.69) is 31.5 Å². The molecule has 2 saturated heterocycles. The number of imidazole rings is 1. The van der Waals surface area contributed by atoms with Gasteiger partial charge in [-0.15, -0.1) is 0 Å². The number of anilines is 2. The average Bonchev–Trinajstić information content (AvgIpc) is 3.24. The van der Waals surface area contributed by atoms with Gasteiger partial charge in [0.05, 0.1) is 42.2 Å². The summed E-state index contributed by atoms with van der Waals surface area (Å²) in [5, 5.41) is 0. The van der Waals surface area contributed by atoms with E-state index in [-0.39, 0.29) is 5.91 Å². The molecule has 2 fully saturated rings. The first-order chi connectivity index (χ1) is 15.2. The summed E-state index contributed by atoms with van der Waals surface area (Å²) in [5.41, 5.74) is 11.1. The van der Waals surface area contributed by atoms with Crippen LogP contribution < -0.4 is 10.6 Å². The van der Waals surface area contributed by atoms with Crippen molar-refractivity contribution in [2.45, 2.75) is 0 Å². The average molecular weight is 421 g/mol. The molecule has 2 aliphatic heterocycles. The highest BCUT2D eigenvalue weighted by Gasteiger charge is 2.24. The summed E-state index contributed by atoms with van der Waals surface area (Å²) in [6.07, 6.45) is 1.86. The Balaban J connectivity index is 1.31. The number of para-hydroxylation sites is 2. The molecule has 1 aromatic heterocycles. The molecule has 3 heterocycles. The molecule has 2 N–H and O–H groups in total. The third kappa shape index (κ3) is 4.08. The SMILES string of the molecule is Nc1ccc(N2CCN(CC(=O)N3CCOCC3)CC2)c(-n2cnc3ccccc32)c1. The van der Waals surface area contributed by atoms with Crippen molar-refractivity contribution in [1.82, 2.24) is 19.4 Å². The first-order valence-electron chi connectivity index (χ1n) is 10.8. The number of fused-ring (bicyclic) bond motifs is 1. The summed E-state index contributed by atoms with van der Waals surface area (Å²) in [5.74, 6) is 0.204. The molecule has 0 saturated carbocycles. The Labute approximate surface area is 181 Å². The third-order valence-electron chi connectivity index (χ3n) is 6.15. The Morgan fingerprint density at radius 3 is 2.55 bits per heavy atom. The second-order valence-electron chi connectivity index (χ2n) is 8.11. The lowest BCUT2D eigenvalue weighted by Crippen LogP contribution is -2.51. The molecule has 1 amide bonds. The number of morpholine rings is 1. The number of hydrogen-bond donors (Lipinski definition) is 1. The summed E-state index contributed by atoms with van der Waals surface area (Å²) in [6.45, 7) is 6.59. The molecule has 2 aliphatic rings. The summed E-state index contributed by atoms with van der Waals surface area (Å²) < 4.78 is 7.46. The second-order valence-corrected chi connectivity index (χ2v) is 8.11. The number of ether oxygens (including phenoxy) is 1. The summed E-state index contributed by atoms with van der Waals surface area (Å²) in [4.78, 5) is 23.7. The van der Waals surface area contributed by atoms with Crippen LogP contribution in [0.1, 0.15) is 0 Å². The van der Waals surface area contributed by atoms with Gasteiger partial charge in [-0.05, 0) is 30.3 Å². The van der Waals surface area contributed by atoms with Crippen molar-refractivity contribution in [2.24, 2.45) is 0 Å². The number of piperazine rings is 1. The van der Waals surface area contributed by atoms with Crippen molar-refractivity contribution in [3.8, 4) is 5.69 Å². The van der Waals surface area contributed by atoms with Crippen molar-refractivity contribution in [2.75, 3.05) is 69.7 Å². The zero-order valence-electron chi connectivity index (χ0n) is 17.6. The summed E-state index contributed by atoms with van der Waals surface area (Å²) in [7, 11) is 0. The lowest BCUT2D eigenvalue weighted by Gasteiger charge is -2.37. The number of nitrogens with zero attached hydrogens (tertiary/aromatic N) is 5. The molecule has 8 heteroatoms. The van der Waals surface area contributed by atoms with E-state index in [1.807, 2.05) is 41.6 Å². The number of hydrogen-bond acceptors (Lipinski definition) is 6. The monoisotopic (exact) mass is 420 g/mol. The van der Waals surface area contributed by atoms with Gasteiger partial charge in [0.15, 0.2) is 0 Å². The van der Waals surface area contributed by atoms with Crippen LogP contribution >= 0.6 is 0 Å². The Morgan fingerprint density at radius 1 is 0.968 bits per heavy atom. The van der Waals surface area contributed by atoms with Crippen molar-refractivity contribution in [1.29, 1.82) is 0 Å². The van der Waals surface area contributed by atoms with Crippen LogP contribution in [0, 0.1) is 0 Å². The van der Waals surface area contributed by atoms with E-state index >= 15 is 0 Å². The fourth-order valence-electron chi connectivity index (χ4n) is 4.40. The van der Waals surface area contributed by atoms with E-state index < -0.39 is 0 Å². The number of nitrogens with two attached hydrogens (primary N) is 1. The van der Waals surface area contributed by atoms with Crippen molar-refractivity contribution >= 4 is 28.3 Å². The normalized spacial score (nSPS) is 17.9. The zero-order valence-corrected chi connectivity index (χ0v) is 17.6. The van der Waals surface area contributed by atoms with Gasteiger partial charge in [0.25, 0.3) is 0 Å². The predicted molar refractivity (Wildman–Crippen MR) is 122 cm³/mol. The molecule has 0 bridgehead atoms. The largest absolute Gasteiger partial charge is 0.399 e. The Morgan fingerprint density at radius 2 is 1.74 bits per heavy atom. The number of benzene rings is 2. The van der Waals surface area contributed by atoms with Gasteiger partial charge in [-0.2, -0.15) is 0 Å². The number of nitrogen functional groups attached to an aromatic ring is 1. The van der Waals surface area contributed by atoms with E-state index in [9.17, 15) is 4.79 Å². The number of aromatic nitrogens is 2. The highest BCUT2D eigenvalue weighted by Crippen LogP contribution is 2.30. The van der Waals surface area contributed by atoms with Crippen molar-refractivity contribution in [3.63, 3.8) is 0 Å². The van der Waals surface area contributed by atoms with Gasteiger partial charge in [0.1, 0.15) is 6.33 Å². The summed E-state index contributed by atoms with van der Waals surface area (Å²) >= 11 is 0. The first kappa shape index (κ1) is 19.8. The van der Waals surface area contributed by atoms with E-state index in [0.29, 0.717) is 32.8 Å². The van der Waals surface area contributed by atoms with Gasteiger partial charge < -0.3 is 20.3 Å². The Bertz CT molecular complexity index is 1070. The molecule has 8 nitrogen and oxygen atoms in total. The summed E-state index contributed by atoms with van der Waals surface area (Å²) in [6, 6.07) is 14.2. The molecule has 0 aliphatic carbocycles. The molecule has 0 atom stereocenters. The molecular weight excluding hydrogens is 392 g/mol. The van der Waals surface area contributed by atoms with Crippen LogP contribution in [0.5, 0.6) is 0 Å². The van der Waals surface area contributed by atoms with Gasteiger partial charge in [-0.25, -0.2) is 4.98 Å². The zero-order chi connectivity index (χ0) is 21.2. The molecule has 0 unspecified atom stereocenters. The van der Waals surface area contributed by atoms with E-state index in [1.54, 1.807) is 0 Å². The smallest absolute Gasteiger partial charge is 0.236 e. The number of amides is 1. The van der Waals surface area contributed by atoms with Crippen LogP contribution in [0.2, 0.25) is 0 Å². The Hall–Kier alpha value is -3.10. The topological polar surface area (TPSA) is 79.9 Å². The van der Waals surface area contributed by atoms with E-state index in [0.717, 1.165) is 54.3 Å². The minimum atomic E-state index is 0.204. The fourth-order valence-corrected chi connectivity index (χ4v) is 4.40. The molecule has 31 heavy (non-hydrogen) atoms. The van der Waals surface area contributed by atoms with Crippen LogP contribution in [0.4, 0.5) is 11.4 Å². The third-order valence-corrected chi connectivity index (χ3v) is 6.15. The molecule has 5 rings (SSSR count). The van der Waals surface area contributed by atoms with Gasteiger partial charge in [-0.3, -0.25) is 14.3 Å². The minimum Gasteiger partial charge on any atom is -0.399 e. The lowest BCUT2D eigenvalue weighted by atomic mass is 10.2. The van der Waals surface area contributed by atoms with Gasteiger partial charge in [0.2, 0.25) is 5.91 Å². The van der Waals surface area contributed by atoms with Crippen LogP contribution in [-0.4, -0.2) is 84.3 Å². The van der Waals surface area contributed by atoms with Crippen LogP contribution in [0.15, 0.2) is 48.8 Å². The highest BCUT2D eigenvalue weighted by atomic mass is 16.5. The maximum absolute atomic E-state index is 12.6. The fraction of sp³-hybridized carbons (Fsp3) is 0.391. The van der Waals surface area contributed by atoms with Gasteiger partial charge >= 0.3 is 0 Å². The van der Waals surface area contributed by atoms with Gasteiger partial charge in [-0.1, -0.05) is 12.1 Å². The minimum absolute atomic E-state index is 0.204. The highest BCUT2D eigenvalue weighted by molar-refractivity contribution is 5.81. The molecule has 0 radical (unpaired) electrons. The molecule has 3 aromatic rings. The van der Waals surface area contributed by atoms with Crippen molar-refractivity contribution in [3.05, 3.63) is 48.8 Å². The van der Waals surface area contributed by atoms with Crippen LogP contribution in [-0.2, 0) is 9.53 Å². The second kappa shape index (κ2) is 8.56. The standard InChI is InChI=1S/C23H28N6O2/c24-18-5-6-21(22(15-18)29-17-25-19-3-1-2-4-20(19)29)27-9-7-26(8-10-27)16-23(30)28-11-13-31-14-12-28/h1-6,15,17H,7-14,16,24H2. The number of carbonyl (C=O) groups is 1. The molecule has 2 aromatic carbocycles. The Kier molecular flexibility index (Phi) is 5.48. The lowest BCUT2D eigenvalue weighted by molar-refractivity contribution is -0.136. The maximum atomic E-state index is 12.6. The first-order valence-corrected chi connectivity index (χ1v) is 10.8. The number of carbonyl (C=O) groups excluding carboxylic acids is 1. The maximum Gasteiger partial charge on any atom is 0.236 e. The van der Waals surface area contributed by atoms with Crippen LogP contribution in [0.3, 0.4) is 0 Å². The van der Waals surface area contributed by atoms with Gasteiger partial charge in [0, 0.05) is 45.0 Å². The van der Waals surface area contributed by atoms with Crippen LogP contribution in [0.25, 0.3) is 16.7 Å². The molecular formula is C23H28N6O2. The predicted octanol–water partition coefficient (Wildman–Crippen LogP) is 1.59. The quantitative estimate of drug-likeness (QED) is 0.646. The molecule has 0 spiro atoms. The van der Waals surface area contributed by atoms with E-state index in [1.165, 1.54) is 0 Å². The van der Waals surface area contributed by atoms with E-state index in [4.69, 9.17) is 10.5 Å². The number of rotatable bonds is 4.